The zero-order valence-corrected chi connectivity index (χ0v) is 19.3. The smallest absolute Gasteiger partial charge is 0.262 e. The van der Waals surface area contributed by atoms with Crippen molar-refractivity contribution in [1.82, 2.24) is 10.2 Å². The molecule has 0 aliphatic heterocycles. The summed E-state index contributed by atoms with van der Waals surface area (Å²) in [4.78, 5) is 15.4. The molecule has 168 valence electrons. The lowest BCUT2D eigenvalue weighted by Crippen LogP contribution is -2.48. The number of hydrogen-bond donors (Lipinski definition) is 1. The molecule has 1 unspecified atom stereocenters. The van der Waals surface area contributed by atoms with Crippen LogP contribution < -0.4 is 10.1 Å². The fourth-order valence-electron chi connectivity index (χ4n) is 3.64. The summed E-state index contributed by atoms with van der Waals surface area (Å²) in [6.07, 6.45) is 0.197. The Morgan fingerprint density at radius 1 is 0.906 bits per heavy atom. The maximum Gasteiger partial charge on any atom is 0.262 e. The summed E-state index contributed by atoms with van der Waals surface area (Å²) in [7, 11) is 0. The van der Waals surface area contributed by atoms with Gasteiger partial charge in [-0.05, 0) is 50.5 Å². The number of hydrogen-bond acceptors (Lipinski definition) is 3. The molecule has 4 heteroatoms. The maximum atomic E-state index is 13.1. The van der Waals surface area contributed by atoms with E-state index < -0.39 is 6.10 Å². The van der Waals surface area contributed by atoms with E-state index in [1.54, 1.807) is 0 Å². The molecular weight excluding hydrogens is 396 g/mol. The van der Waals surface area contributed by atoms with Crippen molar-refractivity contribution < 1.29 is 9.53 Å². The summed E-state index contributed by atoms with van der Waals surface area (Å²) in [6, 6.07) is 28.6. The zero-order chi connectivity index (χ0) is 22.8. The van der Waals surface area contributed by atoms with Gasteiger partial charge in [-0.2, -0.15) is 0 Å². The lowest BCUT2D eigenvalue weighted by molar-refractivity contribution is -0.129. The van der Waals surface area contributed by atoms with E-state index in [9.17, 15) is 4.79 Å². The second kappa shape index (κ2) is 12.1. The zero-order valence-electron chi connectivity index (χ0n) is 19.3. The lowest BCUT2D eigenvalue weighted by atomic mass is 10.1. The van der Waals surface area contributed by atoms with Crippen molar-refractivity contribution in [3.63, 3.8) is 0 Å². The largest absolute Gasteiger partial charge is 0.479 e. The minimum Gasteiger partial charge on any atom is -0.479 e. The molecule has 0 aliphatic rings. The summed E-state index contributed by atoms with van der Waals surface area (Å²) in [5.41, 5.74) is 3.68. The Morgan fingerprint density at radius 3 is 2.22 bits per heavy atom. The van der Waals surface area contributed by atoms with Crippen LogP contribution in [-0.2, 0) is 17.8 Å². The Kier molecular flexibility index (Phi) is 8.88. The molecule has 0 aliphatic carbocycles. The first-order valence-corrected chi connectivity index (χ1v) is 11.3. The minimum atomic E-state index is -0.597. The van der Waals surface area contributed by atoms with Crippen LogP contribution in [0.25, 0.3) is 0 Å². The number of rotatable bonds is 11. The molecule has 0 heterocycles. The van der Waals surface area contributed by atoms with Gasteiger partial charge in [0.1, 0.15) is 5.75 Å². The highest BCUT2D eigenvalue weighted by molar-refractivity contribution is 5.81. The average molecular weight is 431 g/mol. The number of ether oxygens (including phenoxy) is 1. The van der Waals surface area contributed by atoms with E-state index >= 15 is 0 Å². The predicted octanol–water partition coefficient (Wildman–Crippen LogP) is 5.01. The molecule has 0 radical (unpaired) electrons. The Hall–Kier alpha value is -3.11. The van der Waals surface area contributed by atoms with Gasteiger partial charge in [0, 0.05) is 25.7 Å². The normalized spacial score (nSPS) is 12.0. The molecule has 0 bridgehead atoms. The molecule has 3 rings (SSSR count). The molecule has 0 saturated carbocycles. The van der Waals surface area contributed by atoms with Gasteiger partial charge in [-0.3, -0.25) is 9.69 Å². The van der Waals surface area contributed by atoms with Gasteiger partial charge in [0.15, 0.2) is 6.10 Å². The Bertz CT molecular complexity index is 957. The van der Waals surface area contributed by atoms with Crippen molar-refractivity contribution in [3.8, 4) is 5.75 Å². The van der Waals surface area contributed by atoms with Gasteiger partial charge in [0.2, 0.25) is 0 Å². The molecule has 1 amide bonds. The van der Waals surface area contributed by atoms with Gasteiger partial charge >= 0.3 is 0 Å². The fraction of sp³-hybridized carbons (Fsp3) is 0.321. The third kappa shape index (κ3) is 7.54. The molecular formula is C28H34N2O2. The van der Waals surface area contributed by atoms with Crippen LogP contribution in [0.15, 0.2) is 84.9 Å². The number of para-hydroxylation sites is 1. The number of nitrogens with zero attached hydrogens (tertiary/aromatic N) is 1. The first kappa shape index (κ1) is 23.6. The second-order valence-corrected chi connectivity index (χ2v) is 8.46. The van der Waals surface area contributed by atoms with E-state index in [-0.39, 0.29) is 11.9 Å². The van der Waals surface area contributed by atoms with Gasteiger partial charge in [-0.15, -0.1) is 0 Å². The molecule has 0 saturated heterocycles. The Morgan fingerprint density at radius 2 is 1.56 bits per heavy atom. The topological polar surface area (TPSA) is 41.6 Å². The van der Waals surface area contributed by atoms with E-state index in [2.05, 4.69) is 67.4 Å². The highest BCUT2D eigenvalue weighted by Gasteiger charge is 2.25. The van der Waals surface area contributed by atoms with Gasteiger partial charge in [0.05, 0.1) is 0 Å². The number of nitrogens with one attached hydrogen (secondary N) is 1. The summed E-state index contributed by atoms with van der Waals surface area (Å²) in [6.45, 7) is 8.27. The van der Waals surface area contributed by atoms with Crippen molar-refractivity contribution >= 4 is 5.91 Å². The van der Waals surface area contributed by atoms with E-state index in [1.807, 2.05) is 48.5 Å². The molecule has 4 nitrogen and oxygen atoms in total. The van der Waals surface area contributed by atoms with E-state index in [1.165, 1.54) is 16.7 Å². The molecule has 3 aromatic carbocycles. The van der Waals surface area contributed by atoms with Crippen LogP contribution in [-0.4, -0.2) is 36.0 Å². The monoisotopic (exact) mass is 430 g/mol. The number of aryl methyl sites for hydroxylation is 1. The summed E-state index contributed by atoms with van der Waals surface area (Å²) in [5, 5.41) is 3.08. The van der Waals surface area contributed by atoms with Crippen molar-refractivity contribution in [2.75, 3.05) is 13.1 Å². The van der Waals surface area contributed by atoms with Crippen LogP contribution in [0.1, 0.15) is 30.5 Å². The quantitative estimate of drug-likeness (QED) is 0.465. The molecule has 1 atom stereocenters. The molecule has 0 fully saturated rings. The predicted molar refractivity (Wildman–Crippen MR) is 131 cm³/mol. The third-order valence-corrected chi connectivity index (χ3v) is 5.47. The van der Waals surface area contributed by atoms with Crippen molar-refractivity contribution in [2.45, 2.75) is 45.9 Å². The molecule has 1 N–H and O–H groups in total. The van der Waals surface area contributed by atoms with Crippen LogP contribution in [0, 0.1) is 6.92 Å². The maximum absolute atomic E-state index is 13.1. The molecule has 32 heavy (non-hydrogen) atoms. The third-order valence-electron chi connectivity index (χ3n) is 5.47. The van der Waals surface area contributed by atoms with Crippen LogP contribution in [0.2, 0.25) is 0 Å². The lowest BCUT2D eigenvalue weighted by Gasteiger charge is -2.30. The van der Waals surface area contributed by atoms with Crippen LogP contribution in [0.4, 0.5) is 0 Å². The van der Waals surface area contributed by atoms with E-state index in [0.717, 1.165) is 13.0 Å². The number of benzene rings is 3. The van der Waals surface area contributed by atoms with Crippen molar-refractivity contribution in [3.05, 3.63) is 102 Å². The van der Waals surface area contributed by atoms with E-state index in [0.29, 0.717) is 18.8 Å². The van der Waals surface area contributed by atoms with Crippen LogP contribution in [0.3, 0.4) is 0 Å². The standard InChI is InChI=1S/C28H34N2O2/c1-22(2)30(20-25-14-10-11-23(3)19-25)21-27(32-26-15-8-5-9-16-26)28(31)29-18-17-24-12-6-4-7-13-24/h4-16,19,22,27H,17-18,20-21H2,1-3H3,(H,29,31). The van der Waals surface area contributed by atoms with Crippen molar-refractivity contribution in [1.29, 1.82) is 0 Å². The van der Waals surface area contributed by atoms with Gasteiger partial charge < -0.3 is 10.1 Å². The highest BCUT2D eigenvalue weighted by Crippen LogP contribution is 2.15. The molecule has 3 aromatic rings. The molecule has 0 spiro atoms. The van der Waals surface area contributed by atoms with Crippen LogP contribution in [0.5, 0.6) is 5.75 Å². The first-order chi connectivity index (χ1) is 15.5. The summed E-state index contributed by atoms with van der Waals surface area (Å²) < 4.78 is 6.17. The molecule has 0 aromatic heterocycles. The Labute approximate surface area is 192 Å². The number of amides is 1. The Balaban J connectivity index is 1.69. The van der Waals surface area contributed by atoms with Gasteiger partial charge in [-0.25, -0.2) is 0 Å². The van der Waals surface area contributed by atoms with Gasteiger partial charge in [-0.1, -0.05) is 78.4 Å². The van der Waals surface area contributed by atoms with Crippen LogP contribution >= 0.6 is 0 Å². The first-order valence-electron chi connectivity index (χ1n) is 11.3. The summed E-state index contributed by atoms with van der Waals surface area (Å²) >= 11 is 0. The van der Waals surface area contributed by atoms with Gasteiger partial charge in [0.25, 0.3) is 5.91 Å². The summed E-state index contributed by atoms with van der Waals surface area (Å²) in [5.74, 6) is 0.620. The number of carbonyl (C=O) groups excluding carboxylic acids is 1. The SMILES string of the molecule is Cc1cccc(CN(CC(Oc2ccccc2)C(=O)NCCc2ccccc2)C(C)C)c1. The average Bonchev–Trinajstić information content (AvgIpc) is 2.79. The highest BCUT2D eigenvalue weighted by atomic mass is 16.5. The fourth-order valence-corrected chi connectivity index (χ4v) is 3.64. The minimum absolute atomic E-state index is 0.0836. The van der Waals surface area contributed by atoms with Crippen molar-refractivity contribution in [2.24, 2.45) is 0 Å². The number of carbonyl (C=O) groups is 1. The van der Waals surface area contributed by atoms with E-state index in [4.69, 9.17) is 4.74 Å². The second-order valence-electron chi connectivity index (χ2n) is 8.46.